The van der Waals surface area contributed by atoms with E-state index in [-0.39, 0.29) is 57.0 Å². The predicted octanol–water partition coefficient (Wildman–Crippen LogP) is 13.2. The molecule has 8 heteroatoms. The Kier molecular flexibility index (Phi) is 7.41. The summed E-state index contributed by atoms with van der Waals surface area (Å²) in [5.41, 5.74) is 9.25. The van der Waals surface area contributed by atoms with Gasteiger partial charge in [0.25, 0.3) is 0 Å². The Hall–Kier alpha value is -9.66. The lowest BCUT2D eigenvalue weighted by Crippen LogP contribution is -2.22. The van der Waals surface area contributed by atoms with Crippen molar-refractivity contribution in [2.45, 2.75) is 0 Å². The topological polar surface area (TPSA) is 126 Å². The Morgan fingerprint density at radius 1 is 0.214 bits per heavy atom. The van der Waals surface area contributed by atoms with Crippen molar-refractivity contribution in [3.05, 3.63) is 237 Å². The average Bonchev–Trinajstić information content (AvgIpc) is 3.40. The molecular weight excluding hydrogens is 869 g/mol. The van der Waals surface area contributed by atoms with Crippen LogP contribution in [-0.4, -0.2) is 34.7 Å². The van der Waals surface area contributed by atoms with Gasteiger partial charge in [0.05, 0.1) is 33.9 Å². The molecule has 324 valence electrons. The molecule has 4 aliphatic carbocycles. The Morgan fingerprint density at radius 3 is 1.10 bits per heavy atom. The van der Waals surface area contributed by atoms with Crippen molar-refractivity contribution in [3.8, 4) is 22.3 Å². The zero-order valence-electron chi connectivity index (χ0n) is 36.6. The molecule has 0 saturated carbocycles. The smallest absolute Gasteiger partial charge is 0.196 e. The fourth-order valence-corrected chi connectivity index (χ4v) is 12.0. The summed E-state index contributed by atoms with van der Waals surface area (Å²) in [7, 11) is 0. The van der Waals surface area contributed by atoms with Gasteiger partial charge >= 0.3 is 0 Å². The zero-order valence-corrected chi connectivity index (χ0v) is 36.6. The predicted molar refractivity (Wildman–Crippen MR) is 271 cm³/mol. The molecule has 4 aliphatic rings. The van der Waals surface area contributed by atoms with Crippen LogP contribution in [-0.2, 0) is 0 Å². The van der Waals surface area contributed by atoms with Crippen LogP contribution in [0.2, 0.25) is 0 Å². The highest BCUT2D eigenvalue weighted by Crippen LogP contribution is 2.53. The number of fused-ring (bicyclic) bond motifs is 10. The second kappa shape index (κ2) is 13.5. The highest BCUT2D eigenvalue weighted by molar-refractivity contribution is 6.42. The van der Waals surface area contributed by atoms with Gasteiger partial charge in [0, 0.05) is 72.0 Å². The minimum atomic E-state index is -0.323. The Morgan fingerprint density at radius 2 is 0.571 bits per heavy atom. The van der Waals surface area contributed by atoms with Crippen LogP contribution in [0.3, 0.4) is 0 Å². The lowest BCUT2D eigenvalue weighted by Gasteiger charge is -2.29. The maximum Gasteiger partial charge on any atom is 0.196 e. The first-order chi connectivity index (χ1) is 34.3. The van der Waals surface area contributed by atoms with Gasteiger partial charge in [-0.15, -0.1) is 0 Å². The number of anilines is 4. The Labute approximate surface area is 397 Å². The first-order valence-electron chi connectivity index (χ1n) is 23.0. The normalized spacial score (nSPS) is 13.9. The van der Waals surface area contributed by atoms with E-state index in [1.54, 1.807) is 97.1 Å². The number of hydrogen-bond acceptors (Lipinski definition) is 8. The molecule has 15 rings (SSSR count). The first kappa shape index (κ1) is 38.4. The standard InChI is InChI=1S/C62H30N2O6/c65-57-35-10-2-1-9-29(35)30-19-20-31-32-21-24-40-52-44(26-23-34(50(32)52)33-22-25-43(57)51(30)49(31)33)60(68)45-27-28-48(63-46-17-7-15-41-54(46)61(69)38-13-5-3-11-36(38)58(41)66)56(53(40)45)64-47-18-8-16-42-55(47)62(70)39-14-6-4-12-37(39)59(42)67/h1-28,63-64H. The van der Waals surface area contributed by atoms with Gasteiger partial charge < -0.3 is 10.6 Å². The summed E-state index contributed by atoms with van der Waals surface area (Å²) in [6.07, 6.45) is 0. The van der Waals surface area contributed by atoms with Gasteiger partial charge in [0.1, 0.15) is 0 Å². The van der Waals surface area contributed by atoms with Gasteiger partial charge in [-0.3, -0.25) is 28.8 Å². The van der Waals surface area contributed by atoms with E-state index in [4.69, 9.17) is 0 Å². The number of nitrogens with one attached hydrogen (secondary N) is 2. The summed E-state index contributed by atoms with van der Waals surface area (Å²) in [6.45, 7) is 0. The van der Waals surface area contributed by atoms with Crippen molar-refractivity contribution >= 4 is 101 Å². The second-order valence-electron chi connectivity index (χ2n) is 18.4. The van der Waals surface area contributed by atoms with Gasteiger partial charge in [-0.1, -0.05) is 133 Å². The van der Waals surface area contributed by atoms with Crippen LogP contribution in [0, 0.1) is 0 Å². The molecule has 0 radical (unpaired) electrons. The molecule has 0 bridgehead atoms. The summed E-state index contributed by atoms with van der Waals surface area (Å²) < 4.78 is 0. The fraction of sp³-hybridized carbons (Fsp3) is 0. The number of carbonyl (C=O) groups is 6. The minimum Gasteiger partial charge on any atom is -0.353 e. The highest BCUT2D eigenvalue weighted by Gasteiger charge is 2.37. The molecule has 0 atom stereocenters. The molecule has 70 heavy (non-hydrogen) atoms. The molecule has 2 N–H and O–H groups in total. The summed E-state index contributed by atoms with van der Waals surface area (Å²) in [5.74, 6) is -1.39. The molecule has 11 aromatic carbocycles. The molecule has 0 aromatic heterocycles. The van der Waals surface area contributed by atoms with E-state index in [0.29, 0.717) is 72.8 Å². The molecule has 8 nitrogen and oxygen atoms in total. The van der Waals surface area contributed by atoms with E-state index in [9.17, 15) is 24.0 Å². The van der Waals surface area contributed by atoms with Crippen molar-refractivity contribution in [2.24, 2.45) is 0 Å². The monoisotopic (exact) mass is 898 g/mol. The van der Waals surface area contributed by atoms with Crippen LogP contribution in [0.1, 0.15) is 95.5 Å². The van der Waals surface area contributed by atoms with Crippen molar-refractivity contribution in [3.63, 3.8) is 0 Å². The molecule has 0 fully saturated rings. The van der Waals surface area contributed by atoms with E-state index in [0.717, 1.165) is 59.8 Å². The molecular formula is C62H30N2O6. The largest absolute Gasteiger partial charge is 0.353 e. The van der Waals surface area contributed by atoms with Gasteiger partial charge in [-0.2, -0.15) is 0 Å². The van der Waals surface area contributed by atoms with Crippen LogP contribution in [0.4, 0.5) is 22.7 Å². The molecule has 0 heterocycles. The SMILES string of the molecule is O=C1c2ccccc2C(=O)c2c(Nc3ccc4c(c3Nc3cccc5c3C(=O)c3ccccc3C5=O)-c3ccc5c6ccc7c8c(ccc(c9ccc(c3c95)C4=O)c86)C(=O)c3ccccc3-7)cccc21. The molecule has 11 aromatic rings. The third-order valence-electron chi connectivity index (χ3n) is 15.0. The Balaban J connectivity index is 0.991. The number of rotatable bonds is 4. The number of ketones is 6. The summed E-state index contributed by atoms with van der Waals surface area (Å²) in [4.78, 5) is 86.1. The number of benzene rings is 11. The number of carbonyl (C=O) groups excluding carboxylic acids is 6. The van der Waals surface area contributed by atoms with Crippen LogP contribution in [0.25, 0.3) is 65.3 Å². The molecule has 0 amide bonds. The summed E-state index contributed by atoms with van der Waals surface area (Å²) in [6, 6.07) is 51.3. The van der Waals surface area contributed by atoms with Crippen LogP contribution < -0.4 is 10.6 Å². The lowest BCUT2D eigenvalue weighted by molar-refractivity contribution is 0.0979. The molecule has 0 unspecified atom stereocenters. The van der Waals surface area contributed by atoms with Crippen molar-refractivity contribution in [2.75, 3.05) is 10.6 Å². The fourth-order valence-electron chi connectivity index (χ4n) is 12.0. The molecule has 0 aliphatic heterocycles. The van der Waals surface area contributed by atoms with Gasteiger partial charge in [0.2, 0.25) is 0 Å². The van der Waals surface area contributed by atoms with E-state index in [1.165, 1.54) is 0 Å². The van der Waals surface area contributed by atoms with Crippen LogP contribution in [0.5, 0.6) is 0 Å². The van der Waals surface area contributed by atoms with Crippen LogP contribution >= 0.6 is 0 Å². The maximum absolute atomic E-state index is 15.2. The van der Waals surface area contributed by atoms with Crippen molar-refractivity contribution < 1.29 is 28.8 Å². The average molecular weight is 899 g/mol. The second-order valence-corrected chi connectivity index (χ2v) is 18.4. The minimum absolute atomic E-state index is 0.0127. The first-order valence-corrected chi connectivity index (χ1v) is 23.0. The third-order valence-corrected chi connectivity index (χ3v) is 15.0. The van der Waals surface area contributed by atoms with Crippen molar-refractivity contribution in [1.29, 1.82) is 0 Å². The molecule has 0 saturated heterocycles. The highest BCUT2D eigenvalue weighted by atomic mass is 16.2. The third kappa shape index (κ3) is 4.78. The maximum atomic E-state index is 15.2. The summed E-state index contributed by atoms with van der Waals surface area (Å²) >= 11 is 0. The molecule has 0 spiro atoms. The summed E-state index contributed by atoms with van der Waals surface area (Å²) in [5, 5.41) is 14.4. The Bertz CT molecular complexity index is 4410. The quantitative estimate of drug-likeness (QED) is 0.132. The van der Waals surface area contributed by atoms with E-state index in [1.807, 2.05) is 54.6 Å². The zero-order chi connectivity index (χ0) is 46.8. The van der Waals surface area contributed by atoms with E-state index < -0.39 is 0 Å². The number of hydrogen-bond donors (Lipinski definition) is 2. The van der Waals surface area contributed by atoms with Gasteiger partial charge in [-0.05, 0) is 85.4 Å². The van der Waals surface area contributed by atoms with Crippen LogP contribution in [0.15, 0.2) is 170 Å². The van der Waals surface area contributed by atoms with Crippen molar-refractivity contribution in [1.82, 2.24) is 0 Å². The van der Waals surface area contributed by atoms with E-state index in [2.05, 4.69) is 28.8 Å². The lowest BCUT2D eigenvalue weighted by atomic mass is 9.76. The van der Waals surface area contributed by atoms with Gasteiger partial charge in [-0.25, -0.2) is 0 Å². The van der Waals surface area contributed by atoms with Gasteiger partial charge in [0.15, 0.2) is 34.7 Å². The van der Waals surface area contributed by atoms with E-state index >= 15 is 4.79 Å².